The van der Waals surface area contributed by atoms with Crippen LogP contribution >= 0.6 is 24.4 Å². The van der Waals surface area contributed by atoms with Crippen LogP contribution in [0.2, 0.25) is 0 Å². The zero-order valence-electron chi connectivity index (χ0n) is 6.23. The van der Waals surface area contributed by atoms with Crippen molar-refractivity contribution in [1.82, 2.24) is 0 Å². The van der Waals surface area contributed by atoms with Crippen molar-refractivity contribution >= 4 is 30.4 Å². The smallest absolute Gasteiger partial charge is 0.313 e. The molecule has 12 heavy (non-hydrogen) atoms. The van der Waals surface area contributed by atoms with Gasteiger partial charge < -0.3 is 5.11 Å². The molecule has 2 nitrogen and oxygen atoms in total. The Morgan fingerprint density at radius 2 is 2.00 bits per heavy atom. The van der Waals surface area contributed by atoms with Crippen LogP contribution in [0.1, 0.15) is 0 Å². The van der Waals surface area contributed by atoms with Gasteiger partial charge in [-0.2, -0.15) is 0 Å². The Bertz CT molecular complexity index is 269. The third-order valence-electron chi connectivity index (χ3n) is 1.20. The van der Waals surface area contributed by atoms with Crippen LogP contribution in [0.5, 0.6) is 0 Å². The first-order valence-electron chi connectivity index (χ1n) is 3.32. The van der Waals surface area contributed by atoms with Gasteiger partial charge in [-0.1, -0.05) is 0 Å². The number of benzene rings is 1. The molecule has 1 aromatic carbocycles. The van der Waals surface area contributed by atoms with Gasteiger partial charge >= 0.3 is 5.97 Å². The fourth-order valence-electron chi connectivity index (χ4n) is 0.687. The summed E-state index contributed by atoms with van der Waals surface area (Å²) in [5.74, 6) is -0.693. The number of thiol groups is 1. The van der Waals surface area contributed by atoms with Crippen LogP contribution in [-0.4, -0.2) is 16.8 Å². The van der Waals surface area contributed by atoms with Gasteiger partial charge in [0, 0.05) is 9.79 Å². The predicted octanol–water partition coefficient (Wildman–Crippen LogP) is 2.15. The molecule has 0 saturated heterocycles. The van der Waals surface area contributed by atoms with Gasteiger partial charge in [-0.05, 0) is 24.3 Å². The maximum atomic E-state index is 10.2. The summed E-state index contributed by atoms with van der Waals surface area (Å²) in [6.07, 6.45) is 0. The van der Waals surface area contributed by atoms with Crippen molar-refractivity contribution in [3.63, 3.8) is 0 Å². The molecule has 1 N–H and O–H groups in total. The van der Waals surface area contributed by atoms with Crippen molar-refractivity contribution in [3.8, 4) is 0 Å². The highest BCUT2D eigenvalue weighted by Crippen LogP contribution is 2.18. The average Bonchev–Trinajstić information content (AvgIpc) is 2.03. The zero-order chi connectivity index (χ0) is 8.97. The number of carbonyl (C=O) groups is 1. The third-order valence-corrected chi connectivity index (χ3v) is 2.49. The molecule has 0 spiro atoms. The Kier molecular flexibility index (Phi) is 3.49. The van der Waals surface area contributed by atoms with Gasteiger partial charge in [-0.3, -0.25) is 4.79 Å². The molecule has 0 amide bonds. The third kappa shape index (κ3) is 3.19. The maximum absolute atomic E-state index is 10.2. The lowest BCUT2D eigenvalue weighted by atomic mass is 10.4. The number of hydrogen-bond donors (Lipinski definition) is 2. The highest BCUT2D eigenvalue weighted by Gasteiger charge is 1.98. The highest BCUT2D eigenvalue weighted by atomic mass is 32.2. The minimum Gasteiger partial charge on any atom is -0.481 e. The Morgan fingerprint density at radius 1 is 1.42 bits per heavy atom. The number of thioether (sulfide) groups is 1. The number of hydrogen-bond acceptors (Lipinski definition) is 3. The van der Waals surface area contributed by atoms with Crippen molar-refractivity contribution in [2.24, 2.45) is 0 Å². The predicted molar refractivity (Wildman–Crippen MR) is 52.1 cm³/mol. The van der Waals surface area contributed by atoms with Crippen LogP contribution in [0, 0.1) is 0 Å². The molecule has 0 aromatic heterocycles. The van der Waals surface area contributed by atoms with Crippen LogP contribution in [0.3, 0.4) is 0 Å². The molecule has 0 aliphatic heterocycles. The molecule has 0 aliphatic carbocycles. The van der Waals surface area contributed by atoms with Gasteiger partial charge in [0.2, 0.25) is 0 Å². The highest BCUT2D eigenvalue weighted by molar-refractivity contribution is 8.00. The van der Waals surface area contributed by atoms with Gasteiger partial charge in [-0.15, -0.1) is 24.4 Å². The number of aliphatic carboxylic acids is 1. The van der Waals surface area contributed by atoms with Crippen LogP contribution in [-0.2, 0) is 4.79 Å². The Hall–Kier alpha value is -0.610. The molecule has 0 saturated carbocycles. The summed E-state index contributed by atoms with van der Waals surface area (Å²) >= 11 is 5.42. The molecule has 0 bridgehead atoms. The van der Waals surface area contributed by atoms with E-state index in [1.165, 1.54) is 11.8 Å². The number of carboxylic acids is 1. The van der Waals surface area contributed by atoms with E-state index in [-0.39, 0.29) is 5.75 Å². The summed E-state index contributed by atoms with van der Waals surface area (Å²) in [4.78, 5) is 12.0. The van der Waals surface area contributed by atoms with Gasteiger partial charge in [-0.25, -0.2) is 0 Å². The van der Waals surface area contributed by atoms with Crippen molar-refractivity contribution in [3.05, 3.63) is 24.3 Å². The van der Waals surface area contributed by atoms with E-state index in [9.17, 15) is 4.79 Å². The average molecular weight is 200 g/mol. The molecule has 1 aromatic rings. The second kappa shape index (κ2) is 4.42. The maximum Gasteiger partial charge on any atom is 0.313 e. The summed E-state index contributed by atoms with van der Waals surface area (Å²) in [5, 5.41) is 8.39. The Morgan fingerprint density at radius 3 is 2.50 bits per heavy atom. The summed E-state index contributed by atoms with van der Waals surface area (Å²) < 4.78 is 0. The van der Waals surface area contributed by atoms with E-state index in [2.05, 4.69) is 12.6 Å². The quantitative estimate of drug-likeness (QED) is 0.580. The zero-order valence-corrected chi connectivity index (χ0v) is 7.94. The van der Waals surface area contributed by atoms with Crippen LogP contribution in [0.4, 0.5) is 0 Å². The Balaban J connectivity index is 2.53. The molecule has 0 fully saturated rings. The normalized spacial score (nSPS) is 9.75. The van der Waals surface area contributed by atoms with E-state index in [4.69, 9.17) is 5.11 Å². The van der Waals surface area contributed by atoms with Crippen molar-refractivity contribution in [2.45, 2.75) is 9.79 Å². The van der Waals surface area contributed by atoms with E-state index >= 15 is 0 Å². The standard InChI is InChI=1S/C8H8O2S2/c9-8(10)5-12-7-3-1-6(11)2-4-7/h1-4,11H,5H2,(H,9,10). The summed E-state index contributed by atoms with van der Waals surface area (Å²) in [5.41, 5.74) is 0. The lowest BCUT2D eigenvalue weighted by Crippen LogP contribution is -1.96. The minimum absolute atomic E-state index is 0.103. The first kappa shape index (κ1) is 9.48. The van der Waals surface area contributed by atoms with Crippen LogP contribution in [0.25, 0.3) is 0 Å². The second-order valence-corrected chi connectivity index (χ2v) is 3.74. The SMILES string of the molecule is O=C(O)CSc1ccc(S)cc1. The molecular weight excluding hydrogens is 192 g/mol. The fraction of sp³-hybridized carbons (Fsp3) is 0.125. The lowest BCUT2D eigenvalue weighted by Gasteiger charge is -1.97. The topological polar surface area (TPSA) is 37.3 Å². The molecule has 64 valence electrons. The number of rotatable bonds is 3. The van der Waals surface area contributed by atoms with Gasteiger partial charge in [0.1, 0.15) is 0 Å². The monoisotopic (exact) mass is 200 g/mol. The lowest BCUT2D eigenvalue weighted by molar-refractivity contribution is -0.133. The largest absolute Gasteiger partial charge is 0.481 e. The van der Waals surface area contributed by atoms with E-state index in [0.717, 1.165) is 9.79 Å². The molecule has 0 radical (unpaired) electrons. The van der Waals surface area contributed by atoms with Crippen molar-refractivity contribution in [2.75, 3.05) is 5.75 Å². The van der Waals surface area contributed by atoms with Crippen molar-refractivity contribution < 1.29 is 9.90 Å². The van der Waals surface area contributed by atoms with E-state index in [0.29, 0.717) is 0 Å². The number of carboxylic acid groups (broad SMARTS) is 1. The molecule has 0 unspecified atom stereocenters. The van der Waals surface area contributed by atoms with Gasteiger partial charge in [0.25, 0.3) is 0 Å². The fourth-order valence-corrected chi connectivity index (χ4v) is 1.46. The molecular formula is C8H8O2S2. The first-order chi connectivity index (χ1) is 5.68. The van der Waals surface area contributed by atoms with E-state index in [1.54, 1.807) is 0 Å². The summed E-state index contributed by atoms with van der Waals surface area (Å²) in [7, 11) is 0. The van der Waals surface area contributed by atoms with Gasteiger partial charge in [0.05, 0.1) is 5.75 Å². The Labute approximate surface area is 80.4 Å². The minimum atomic E-state index is -0.796. The van der Waals surface area contributed by atoms with Gasteiger partial charge in [0.15, 0.2) is 0 Å². The van der Waals surface area contributed by atoms with E-state index < -0.39 is 5.97 Å². The molecule has 4 heteroatoms. The molecule has 0 aliphatic rings. The molecule has 0 atom stereocenters. The summed E-state index contributed by atoms with van der Waals surface area (Å²) in [6, 6.07) is 7.40. The van der Waals surface area contributed by atoms with Crippen LogP contribution in [0.15, 0.2) is 34.1 Å². The first-order valence-corrected chi connectivity index (χ1v) is 4.75. The summed E-state index contributed by atoms with van der Waals surface area (Å²) in [6.45, 7) is 0. The second-order valence-electron chi connectivity index (χ2n) is 2.18. The molecule has 1 rings (SSSR count). The van der Waals surface area contributed by atoms with E-state index in [1.807, 2.05) is 24.3 Å². The van der Waals surface area contributed by atoms with Crippen LogP contribution < -0.4 is 0 Å². The van der Waals surface area contributed by atoms with Crippen molar-refractivity contribution in [1.29, 1.82) is 0 Å². The molecule has 0 heterocycles.